The van der Waals surface area contributed by atoms with Gasteiger partial charge in [0.25, 0.3) is 11.6 Å². The number of amides is 1. The fraction of sp³-hybridized carbons (Fsp3) is 0.200. The van der Waals surface area contributed by atoms with Gasteiger partial charge in [0.15, 0.2) is 6.61 Å². The number of thiophene rings is 1. The first kappa shape index (κ1) is 17.9. The molecule has 0 unspecified atom stereocenters. The Bertz CT molecular complexity index is 763. The molecule has 0 fully saturated rings. The molecule has 0 spiro atoms. The lowest BCUT2D eigenvalue weighted by Gasteiger charge is -2.16. The molecule has 0 saturated heterocycles. The largest absolute Gasteiger partial charge is 0.452 e. The highest BCUT2D eigenvalue weighted by Crippen LogP contribution is 2.22. The van der Waals surface area contributed by atoms with Gasteiger partial charge in [0.1, 0.15) is 0 Å². The Morgan fingerprint density at radius 1 is 1.38 bits per heavy atom. The van der Waals surface area contributed by atoms with Gasteiger partial charge in [0.2, 0.25) is 0 Å². The molecule has 126 valence electrons. The van der Waals surface area contributed by atoms with Crippen molar-refractivity contribution in [2.75, 3.05) is 13.7 Å². The lowest BCUT2D eigenvalue weighted by atomic mass is 10.2. The Balaban J connectivity index is 1.96. The summed E-state index contributed by atoms with van der Waals surface area (Å²) in [5, 5.41) is 12.7. The van der Waals surface area contributed by atoms with Crippen LogP contribution in [-0.4, -0.2) is 35.4 Å². The van der Waals surface area contributed by atoms with E-state index in [4.69, 9.17) is 16.3 Å². The van der Waals surface area contributed by atoms with Crippen molar-refractivity contribution < 1.29 is 19.2 Å². The zero-order valence-corrected chi connectivity index (χ0v) is 14.2. The van der Waals surface area contributed by atoms with Crippen LogP contribution in [0.15, 0.2) is 35.7 Å². The lowest BCUT2D eigenvalue weighted by Crippen LogP contribution is -2.30. The molecule has 2 rings (SSSR count). The number of likely N-dealkylation sites (N-methyl/N-ethyl adjacent to an activating group) is 1. The number of carbonyl (C=O) groups excluding carboxylic acids is 2. The number of halogens is 1. The van der Waals surface area contributed by atoms with Crippen LogP contribution in [0, 0.1) is 10.1 Å². The summed E-state index contributed by atoms with van der Waals surface area (Å²) >= 11 is 7.36. The number of rotatable bonds is 6. The van der Waals surface area contributed by atoms with Crippen LogP contribution in [0.4, 0.5) is 5.69 Å². The highest BCUT2D eigenvalue weighted by molar-refractivity contribution is 7.09. The SMILES string of the molecule is CN(Cc1cccs1)C(=O)COC(=O)c1cc([N+](=O)[O-])ccc1Cl. The number of ether oxygens (including phenoxy) is 1. The summed E-state index contributed by atoms with van der Waals surface area (Å²) in [5.74, 6) is -1.28. The first-order chi connectivity index (χ1) is 11.4. The third-order valence-electron chi connectivity index (χ3n) is 3.11. The summed E-state index contributed by atoms with van der Waals surface area (Å²) in [4.78, 5) is 36.5. The van der Waals surface area contributed by atoms with Gasteiger partial charge >= 0.3 is 5.97 Å². The first-order valence-corrected chi connectivity index (χ1v) is 8.01. The van der Waals surface area contributed by atoms with Gasteiger partial charge in [0.05, 0.1) is 22.1 Å². The van der Waals surface area contributed by atoms with Crippen LogP contribution in [0.2, 0.25) is 5.02 Å². The quantitative estimate of drug-likeness (QED) is 0.444. The van der Waals surface area contributed by atoms with E-state index in [0.29, 0.717) is 6.54 Å². The molecule has 9 heteroatoms. The summed E-state index contributed by atoms with van der Waals surface area (Å²) in [7, 11) is 1.59. The van der Waals surface area contributed by atoms with Crippen molar-refractivity contribution in [3.05, 3.63) is 61.3 Å². The Morgan fingerprint density at radius 2 is 2.12 bits per heavy atom. The number of hydrogen-bond acceptors (Lipinski definition) is 6. The molecule has 0 bridgehead atoms. The molecule has 0 aliphatic carbocycles. The van der Waals surface area contributed by atoms with Crippen LogP contribution in [0.3, 0.4) is 0 Å². The van der Waals surface area contributed by atoms with Crippen LogP contribution in [0.5, 0.6) is 0 Å². The highest BCUT2D eigenvalue weighted by atomic mass is 35.5. The zero-order chi connectivity index (χ0) is 17.7. The van der Waals surface area contributed by atoms with Gasteiger partial charge in [-0.3, -0.25) is 14.9 Å². The van der Waals surface area contributed by atoms with Gasteiger partial charge in [-0.05, 0) is 17.5 Å². The molecular weight excluding hydrogens is 356 g/mol. The van der Waals surface area contributed by atoms with Crippen LogP contribution < -0.4 is 0 Å². The molecule has 0 aliphatic rings. The third kappa shape index (κ3) is 4.53. The van der Waals surface area contributed by atoms with E-state index >= 15 is 0 Å². The van der Waals surface area contributed by atoms with Crippen molar-refractivity contribution in [3.63, 3.8) is 0 Å². The number of non-ortho nitro benzene ring substituents is 1. The van der Waals surface area contributed by atoms with E-state index in [1.807, 2.05) is 17.5 Å². The molecule has 0 aliphatic heterocycles. The minimum atomic E-state index is -0.887. The van der Waals surface area contributed by atoms with Crippen molar-refractivity contribution in [2.24, 2.45) is 0 Å². The number of hydrogen-bond donors (Lipinski definition) is 0. The normalized spacial score (nSPS) is 10.2. The molecule has 0 N–H and O–H groups in total. The van der Waals surface area contributed by atoms with Crippen molar-refractivity contribution in [1.29, 1.82) is 0 Å². The smallest absolute Gasteiger partial charge is 0.340 e. The number of nitro groups is 1. The number of nitro benzene ring substituents is 1. The topological polar surface area (TPSA) is 89.8 Å². The number of nitrogens with zero attached hydrogens (tertiary/aromatic N) is 2. The molecular formula is C15H13ClN2O5S. The van der Waals surface area contributed by atoms with Crippen LogP contribution in [0.1, 0.15) is 15.2 Å². The molecule has 24 heavy (non-hydrogen) atoms. The second kappa shape index (κ2) is 7.89. The van der Waals surface area contributed by atoms with Crippen molar-refractivity contribution in [3.8, 4) is 0 Å². The second-order valence-electron chi connectivity index (χ2n) is 4.83. The standard InChI is InChI=1S/C15H13ClN2O5S/c1-17(8-11-3-2-6-24-11)14(19)9-23-15(20)12-7-10(18(21)22)4-5-13(12)16/h2-7H,8-9H2,1H3. The van der Waals surface area contributed by atoms with E-state index in [9.17, 15) is 19.7 Å². The fourth-order valence-corrected chi connectivity index (χ4v) is 2.77. The third-order valence-corrected chi connectivity index (χ3v) is 4.30. The van der Waals surface area contributed by atoms with Gasteiger partial charge in [0, 0.05) is 24.1 Å². The Hall–Kier alpha value is -2.45. The van der Waals surface area contributed by atoms with Gasteiger partial charge in [-0.25, -0.2) is 4.79 Å². The summed E-state index contributed by atoms with van der Waals surface area (Å²) < 4.78 is 4.91. The molecule has 1 amide bonds. The number of carbonyl (C=O) groups is 2. The molecule has 1 heterocycles. The average Bonchev–Trinajstić information content (AvgIpc) is 3.05. The second-order valence-corrected chi connectivity index (χ2v) is 6.27. The van der Waals surface area contributed by atoms with Crippen molar-refractivity contribution in [2.45, 2.75) is 6.54 Å². The number of benzene rings is 1. The summed E-state index contributed by atoms with van der Waals surface area (Å²) in [6.07, 6.45) is 0. The predicted molar refractivity (Wildman–Crippen MR) is 89.2 cm³/mol. The van der Waals surface area contributed by atoms with E-state index in [1.165, 1.54) is 28.4 Å². The monoisotopic (exact) mass is 368 g/mol. The van der Waals surface area contributed by atoms with Crippen LogP contribution in [0.25, 0.3) is 0 Å². The first-order valence-electron chi connectivity index (χ1n) is 6.76. The molecule has 1 aromatic carbocycles. The highest BCUT2D eigenvalue weighted by Gasteiger charge is 2.19. The van der Waals surface area contributed by atoms with Crippen molar-refractivity contribution in [1.82, 2.24) is 4.90 Å². The fourth-order valence-electron chi connectivity index (χ4n) is 1.82. The zero-order valence-electron chi connectivity index (χ0n) is 12.6. The average molecular weight is 369 g/mol. The Kier molecular flexibility index (Phi) is 5.88. The molecule has 1 aromatic heterocycles. The van der Waals surface area contributed by atoms with Gasteiger partial charge in [-0.2, -0.15) is 0 Å². The van der Waals surface area contributed by atoms with E-state index in [1.54, 1.807) is 7.05 Å². The summed E-state index contributed by atoms with van der Waals surface area (Å²) in [6.45, 7) is -0.0641. The lowest BCUT2D eigenvalue weighted by molar-refractivity contribution is -0.384. The molecule has 2 aromatic rings. The van der Waals surface area contributed by atoms with E-state index in [-0.39, 0.29) is 16.3 Å². The van der Waals surface area contributed by atoms with E-state index in [0.717, 1.165) is 10.9 Å². The minimum Gasteiger partial charge on any atom is -0.452 e. The van der Waals surface area contributed by atoms with Gasteiger partial charge in [-0.1, -0.05) is 17.7 Å². The summed E-state index contributed by atoms with van der Waals surface area (Å²) in [6, 6.07) is 7.20. The molecule has 7 nitrogen and oxygen atoms in total. The molecule has 0 saturated carbocycles. The van der Waals surface area contributed by atoms with Crippen LogP contribution in [-0.2, 0) is 16.1 Å². The Morgan fingerprint density at radius 3 is 2.75 bits per heavy atom. The maximum absolute atomic E-state index is 12.0. The number of esters is 1. The molecule has 0 radical (unpaired) electrons. The maximum Gasteiger partial charge on any atom is 0.340 e. The maximum atomic E-state index is 12.0. The van der Waals surface area contributed by atoms with E-state index in [2.05, 4.69) is 0 Å². The summed E-state index contributed by atoms with van der Waals surface area (Å²) in [5.41, 5.74) is -0.438. The van der Waals surface area contributed by atoms with Gasteiger partial charge in [-0.15, -0.1) is 11.3 Å². The van der Waals surface area contributed by atoms with Crippen molar-refractivity contribution >= 4 is 40.5 Å². The van der Waals surface area contributed by atoms with Crippen LogP contribution >= 0.6 is 22.9 Å². The minimum absolute atomic E-state index is 0.0185. The van der Waals surface area contributed by atoms with Gasteiger partial charge < -0.3 is 9.64 Å². The predicted octanol–water partition coefficient (Wildman–Crippen LogP) is 3.13. The van der Waals surface area contributed by atoms with E-state index < -0.39 is 23.4 Å². The molecule has 0 atom stereocenters. The Labute approximate surface area is 146 Å².